The lowest BCUT2D eigenvalue weighted by molar-refractivity contribution is 0.609. The third-order valence-corrected chi connectivity index (χ3v) is 4.79. The Kier molecular flexibility index (Phi) is 5.26. The Hall–Kier alpha value is -2.07. The van der Waals surface area contributed by atoms with Crippen LogP contribution in [0.4, 0.5) is 5.69 Å². The summed E-state index contributed by atoms with van der Waals surface area (Å²) < 4.78 is 27.0. The molecule has 0 aliphatic heterocycles. The Morgan fingerprint density at radius 3 is 2.09 bits per heavy atom. The lowest BCUT2D eigenvalue weighted by Crippen LogP contribution is -2.08. The molecule has 2 aromatic rings. The molecule has 0 aromatic heterocycles. The van der Waals surface area contributed by atoms with E-state index in [1.807, 2.05) is 32.9 Å². The number of nitrogens with one attached hydrogen (secondary N) is 1. The van der Waals surface area contributed by atoms with E-state index in [1.54, 1.807) is 18.2 Å². The van der Waals surface area contributed by atoms with Gasteiger partial charge in [-0.1, -0.05) is 36.8 Å². The van der Waals surface area contributed by atoms with Crippen LogP contribution in [0.5, 0.6) is 0 Å². The fourth-order valence-corrected chi connectivity index (χ4v) is 3.47. The van der Waals surface area contributed by atoms with Gasteiger partial charge in [-0.2, -0.15) is 0 Å². The summed E-state index contributed by atoms with van der Waals surface area (Å²) in [7, 11) is -3.53. The molecule has 1 N–H and O–H groups in total. The van der Waals surface area contributed by atoms with Gasteiger partial charge in [0.05, 0.1) is 5.41 Å². The molecule has 2 rings (SSSR count). The fourth-order valence-electron chi connectivity index (χ4n) is 2.62. The van der Waals surface area contributed by atoms with Gasteiger partial charge in [-0.3, -0.25) is 4.72 Å². The van der Waals surface area contributed by atoms with Crippen LogP contribution in [0.1, 0.15) is 34.7 Å². The van der Waals surface area contributed by atoms with Crippen LogP contribution in [-0.4, -0.2) is 8.42 Å². The smallest absolute Gasteiger partial charge is 0.255 e. The summed E-state index contributed by atoms with van der Waals surface area (Å²) in [4.78, 5) is 0. The van der Waals surface area contributed by atoms with Crippen molar-refractivity contribution >= 4 is 21.8 Å². The van der Waals surface area contributed by atoms with Gasteiger partial charge in [0.1, 0.15) is 0 Å². The summed E-state index contributed by atoms with van der Waals surface area (Å²) in [5.74, 6) is 0. The predicted octanol–water partition coefficient (Wildman–Crippen LogP) is 4.59. The van der Waals surface area contributed by atoms with Crippen LogP contribution in [0.25, 0.3) is 6.08 Å². The van der Waals surface area contributed by atoms with Crippen LogP contribution >= 0.6 is 0 Å². The Bertz CT molecular complexity index is 796. The van der Waals surface area contributed by atoms with Crippen molar-refractivity contribution in [3.05, 3.63) is 69.6 Å². The summed E-state index contributed by atoms with van der Waals surface area (Å²) in [5.41, 5.74) is 6.01. The maximum absolute atomic E-state index is 12.2. The maximum Gasteiger partial charge on any atom is 0.255 e. The van der Waals surface area contributed by atoms with E-state index in [1.165, 1.54) is 16.5 Å². The molecule has 2 aromatic carbocycles. The van der Waals surface area contributed by atoms with Gasteiger partial charge in [-0.25, -0.2) is 8.42 Å². The van der Waals surface area contributed by atoms with E-state index in [9.17, 15) is 8.42 Å². The van der Waals surface area contributed by atoms with E-state index in [2.05, 4.69) is 23.8 Å². The zero-order chi connectivity index (χ0) is 17.0. The minimum atomic E-state index is -3.53. The summed E-state index contributed by atoms with van der Waals surface area (Å²) >= 11 is 0. The first-order valence-electron chi connectivity index (χ1n) is 7.68. The van der Waals surface area contributed by atoms with Crippen LogP contribution in [-0.2, 0) is 16.4 Å². The van der Waals surface area contributed by atoms with E-state index in [0.29, 0.717) is 5.69 Å². The number of sulfonamides is 1. The first-order valence-corrected chi connectivity index (χ1v) is 9.23. The van der Waals surface area contributed by atoms with Crippen molar-refractivity contribution in [2.24, 2.45) is 0 Å². The largest absolute Gasteiger partial charge is 0.280 e. The first kappa shape index (κ1) is 17.3. The molecule has 0 unspecified atom stereocenters. The highest BCUT2D eigenvalue weighted by Gasteiger charge is 2.07. The van der Waals surface area contributed by atoms with E-state index >= 15 is 0 Å². The van der Waals surface area contributed by atoms with Gasteiger partial charge in [-0.05, 0) is 67.7 Å². The molecule has 0 heterocycles. The lowest BCUT2D eigenvalue weighted by atomic mass is 10.0. The molecule has 0 aliphatic carbocycles. The van der Waals surface area contributed by atoms with Crippen molar-refractivity contribution in [3.8, 4) is 0 Å². The maximum atomic E-state index is 12.2. The van der Waals surface area contributed by atoms with E-state index < -0.39 is 10.0 Å². The summed E-state index contributed by atoms with van der Waals surface area (Å²) in [6, 6.07) is 11.5. The fraction of sp³-hybridized carbons (Fsp3) is 0.263. The van der Waals surface area contributed by atoms with Crippen molar-refractivity contribution < 1.29 is 8.42 Å². The normalized spacial score (nSPS) is 11.8. The third kappa shape index (κ3) is 4.70. The monoisotopic (exact) mass is 329 g/mol. The average molecular weight is 329 g/mol. The molecule has 0 saturated carbocycles. The van der Waals surface area contributed by atoms with E-state index in [4.69, 9.17) is 0 Å². The second-order valence-electron chi connectivity index (χ2n) is 5.81. The molecule has 23 heavy (non-hydrogen) atoms. The average Bonchev–Trinajstić information content (AvgIpc) is 2.46. The van der Waals surface area contributed by atoms with Crippen LogP contribution in [0.15, 0.2) is 41.8 Å². The second kappa shape index (κ2) is 7.01. The Morgan fingerprint density at radius 1 is 1.00 bits per heavy atom. The molecular weight excluding hydrogens is 306 g/mol. The molecule has 0 aliphatic rings. The molecule has 122 valence electrons. The SMILES string of the molecule is CCc1ccc(NS(=O)(=O)/C=C/c2c(C)cc(C)cc2C)cc1. The highest BCUT2D eigenvalue weighted by molar-refractivity contribution is 7.95. The van der Waals surface area contributed by atoms with Gasteiger partial charge in [0.15, 0.2) is 0 Å². The van der Waals surface area contributed by atoms with Gasteiger partial charge < -0.3 is 0 Å². The Balaban J connectivity index is 2.20. The summed E-state index contributed by atoms with van der Waals surface area (Å²) in [6.45, 7) is 8.08. The van der Waals surface area contributed by atoms with Crippen molar-refractivity contribution in [1.82, 2.24) is 0 Å². The van der Waals surface area contributed by atoms with Crippen molar-refractivity contribution in [2.45, 2.75) is 34.1 Å². The van der Waals surface area contributed by atoms with Gasteiger partial charge in [0.2, 0.25) is 0 Å². The molecule has 0 saturated heterocycles. The predicted molar refractivity (Wildman–Crippen MR) is 98.0 cm³/mol. The van der Waals surface area contributed by atoms with Crippen molar-refractivity contribution in [3.63, 3.8) is 0 Å². The van der Waals surface area contributed by atoms with Crippen molar-refractivity contribution in [2.75, 3.05) is 4.72 Å². The number of hydrogen-bond acceptors (Lipinski definition) is 2. The molecule has 0 spiro atoms. The van der Waals surface area contributed by atoms with Crippen molar-refractivity contribution in [1.29, 1.82) is 0 Å². The molecule has 0 bridgehead atoms. The highest BCUT2D eigenvalue weighted by Crippen LogP contribution is 2.19. The van der Waals surface area contributed by atoms with E-state index in [0.717, 1.165) is 23.1 Å². The summed E-state index contributed by atoms with van der Waals surface area (Å²) in [5, 5.41) is 1.23. The molecule has 0 atom stereocenters. The molecule has 4 heteroatoms. The standard InChI is InChI=1S/C19H23NO2S/c1-5-17-6-8-18(9-7-17)20-23(21,22)11-10-19-15(3)12-14(2)13-16(19)4/h6-13,20H,5H2,1-4H3/b11-10+. The second-order valence-corrected chi connectivity index (χ2v) is 7.38. The molecule has 0 fully saturated rings. The van der Waals surface area contributed by atoms with E-state index in [-0.39, 0.29) is 0 Å². The molecular formula is C19H23NO2S. The topological polar surface area (TPSA) is 46.2 Å². The molecule has 3 nitrogen and oxygen atoms in total. The van der Waals surface area contributed by atoms with Gasteiger partial charge >= 0.3 is 0 Å². The quantitative estimate of drug-likeness (QED) is 0.872. The van der Waals surface area contributed by atoms with Gasteiger partial charge in [-0.15, -0.1) is 0 Å². The number of aryl methyl sites for hydroxylation is 4. The number of benzene rings is 2. The Labute approximate surface area is 139 Å². The van der Waals surface area contributed by atoms with Crippen LogP contribution in [0.3, 0.4) is 0 Å². The van der Waals surface area contributed by atoms with Gasteiger partial charge in [0, 0.05) is 5.69 Å². The minimum absolute atomic E-state index is 0.573. The number of anilines is 1. The number of rotatable bonds is 5. The Morgan fingerprint density at radius 2 is 1.57 bits per heavy atom. The minimum Gasteiger partial charge on any atom is -0.280 e. The van der Waals surface area contributed by atoms with Gasteiger partial charge in [0.25, 0.3) is 10.0 Å². The van der Waals surface area contributed by atoms with Crippen LogP contribution in [0, 0.1) is 20.8 Å². The van der Waals surface area contributed by atoms with Crippen LogP contribution < -0.4 is 4.72 Å². The van der Waals surface area contributed by atoms with Crippen LogP contribution in [0.2, 0.25) is 0 Å². The third-order valence-electron chi connectivity index (χ3n) is 3.77. The number of hydrogen-bond donors (Lipinski definition) is 1. The molecule has 0 amide bonds. The zero-order valence-electron chi connectivity index (χ0n) is 14.1. The lowest BCUT2D eigenvalue weighted by Gasteiger charge is -2.08. The highest BCUT2D eigenvalue weighted by atomic mass is 32.2. The first-order chi connectivity index (χ1) is 10.8. The molecule has 0 radical (unpaired) electrons. The summed E-state index contributed by atoms with van der Waals surface area (Å²) in [6.07, 6.45) is 2.59. The zero-order valence-corrected chi connectivity index (χ0v) is 14.9.